The van der Waals surface area contributed by atoms with E-state index in [1.807, 2.05) is 14.0 Å². The predicted octanol–water partition coefficient (Wildman–Crippen LogP) is 2.34. The monoisotopic (exact) mass is 360 g/mol. The summed E-state index contributed by atoms with van der Waals surface area (Å²) in [6.07, 6.45) is -4.31. The van der Waals surface area contributed by atoms with E-state index in [2.05, 4.69) is 20.5 Å². The van der Waals surface area contributed by atoms with Gasteiger partial charge in [0.15, 0.2) is 5.96 Å². The molecule has 5 nitrogen and oxygen atoms in total. The molecule has 0 bridgehead atoms. The van der Waals surface area contributed by atoms with Gasteiger partial charge in [-0.25, -0.2) is 4.99 Å². The molecule has 0 aliphatic carbocycles. The van der Waals surface area contributed by atoms with Gasteiger partial charge in [-0.15, -0.1) is 0 Å². The second kappa shape index (κ2) is 10.9. The second-order valence-electron chi connectivity index (χ2n) is 5.61. The van der Waals surface area contributed by atoms with E-state index in [1.54, 1.807) is 7.11 Å². The number of alkyl halides is 3. The number of nitrogens with one attached hydrogen (secondary N) is 2. The third-order valence-electron chi connectivity index (χ3n) is 3.51. The van der Waals surface area contributed by atoms with Crippen molar-refractivity contribution in [2.45, 2.75) is 19.6 Å². The van der Waals surface area contributed by atoms with Crippen LogP contribution in [0.4, 0.5) is 13.2 Å². The lowest BCUT2D eigenvalue weighted by molar-refractivity contribution is -0.137. The van der Waals surface area contributed by atoms with Crippen LogP contribution in [0.2, 0.25) is 0 Å². The van der Waals surface area contributed by atoms with Crippen molar-refractivity contribution in [3.63, 3.8) is 0 Å². The smallest absolute Gasteiger partial charge is 0.383 e. The van der Waals surface area contributed by atoms with Crippen LogP contribution in [-0.4, -0.2) is 57.8 Å². The molecule has 1 aromatic rings. The Balaban J connectivity index is 2.52. The van der Waals surface area contributed by atoms with Gasteiger partial charge >= 0.3 is 6.18 Å². The van der Waals surface area contributed by atoms with Crippen LogP contribution in [0.1, 0.15) is 18.1 Å². The van der Waals surface area contributed by atoms with Crippen molar-refractivity contribution in [3.8, 4) is 0 Å². The van der Waals surface area contributed by atoms with E-state index in [1.165, 1.54) is 12.1 Å². The number of guanidine groups is 1. The van der Waals surface area contributed by atoms with Gasteiger partial charge in [-0.05, 0) is 31.7 Å². The largest absolute Gasteiger partial charge is 0.416 e. The van der Waals surface area contributed by atoms with E-state index in [4.69, 9.17) is 4.74 Å². The number of likely N-dealkylation sites (N-methyl/N-ethyl adjacent to an activating group) is 1. The van der Waals surface area contributed by atoms with Crippen LogP contribution in [0.25, 0.3) is 0 Å². The van der Waals surface area contributed by atoms with E-state index >= 15 is 0 Å². The van der Waals surface area contributed by atoms with Crippen molar-refractivity contribution in [1.29, 1.82) is 0 Å². The van der Waals surface area contributed by atoms with Gasteiger partial charge in [-0.2, -0.15) is 13.2 Å². The van der Waals surface area contributed by atoms with Gasteiger partial charge in [0.25, 0.3) is 0 Å². The normalized spacial score (nSPS) is 12.5. The minimum atomic E-state index is -4.31. The highest BCUT2D eigenvalue weighted by atomic mass is 19.4. The Morgan fingerprint density at radius 2 is 1.84 bits per heavy atom. The third kappa shape index (κ3) is 8.74. The lowest BCUT2D eigenvalue weighted by Gasteiger charge is -2.17. The lowest BCUT2D eigenvalue weighted by atomic mass is 10.1. The van der Waals surface area contributed by atoms with Gasteiger partial charge < -0.3 is 20.3 Å². The molecule has 0 heterocycles. The Hall–Kier alpha value is -1.80. The number of hydrogen-bond acceptors (Lipinski definition) is 3. The average molecular weight is 360 g/mol. The summed E-state index contributed by atoms with van der Waals surface area (Å²) >= 11 is 0. The van der Waals surface area contributed by atoms with Gasteiger partial charge in [-0.3, -0.25) is 0 Å². The Labute approximate surface area is 147 Å². The molecule has 0 spiro atoms. The average Bonchev–Trinajstić information content (AvgIpc) is 2.57. The highest BCUT2D eigenvalue weighted by molar-refractivity contribution is 5.79. The minimum absolute atomic E-state index is 0.312. The van der Waals surface area contributed by atoms with Crippen molar-refractivity contribution >= 4 is 5.96 Å². The summed E-state index contributed by atoms with van der Waals surface area (Å²) in [5, 5.41) is 6.33. The SMILES string of the molecule is CCNC(=NCc1ccc(C(F)(F)F)cc1)NCCN(C)CCOC. The van der Waals surface area contributed by atoms with Crippen LogP contribution >= 0.6 is 0 Å². The molecule has 0 amide bonds. The number of rotatable bonds is 9. The molecule has 8 heteroatoms. The number of benzene rings is 1. The van der Waals surface area contributed by atoms with Crippen molar-refractivity contribution in [1.82, 2.24) is 15.5 Å². The van der Waals surface area contributed by atoms with Gasteiger partial charge in [0.1, 0.15) is 0 Å². The molecule has 0 atom stereocenters. The molecule has 142 valence electrons. The van der Waals surface area contributed by atoms with Crippen molar-refractivity contribution in [2.24, 2.45) is 4.99 Å². The molecule has 2 N–H and O–H groups in total. The maximum atomic E-state index is 12.6. The first-order valence-corrected chi connectivity index (χ1v) is 8.22. The number of ether oxygens (including phenoxy) is 1. The van der Waals surface area contributed by atoms with Crippen LogP contribution < -0.4 is 10.6 Å². The van der Waals surface area contributed by atoms with Gasteiger partial charge in [0.2, 0.25) is 0 Å². The maximum Gasteiger partial charge on any atom is 0.416 e. The summed E-state index contributed by atoms with van der Waals surface area (Å²) < 4.78 is 42.7. The van der Waals surface area contributed by atoms with Crippen LogP contribution in [-0.2, 0) is 17.5 Å². The topological polar surface area (TPSA) is 48.9 Å². The zero-order valence-corrected chi connectivity index (χ0v) is 15.0. The Morgan fingerprint density at radius 3 is 2.40 bits per heavy atom. The first kappa shape index (κ1) is 21.2. The fourth-order valence-corrected chi connectivity index (χ4v) is 2.04. The van der Waals surface area contributed by atoms with E-state index in [0.29, 0.717) is 32.2 Å². The number of nitrogens with zero attached hydrogens (tertiary/aromatic N) is 2. The summed E-state index contributed by atoms with van der Waals surface area (Å²) in [4.78, 5) is 6.54. The number of halogens is 3. The molecular formula is C17H27F3N4O. The molecule has 0 radical (unpaired) electrons. The molecule has 25 heavy (non-hydrogen) atoms. The summed E-state index contributed by atoms with van der Waals surface area (Å²) in [5.41, 5.74) is 0.0757. The maximum absolute atomic E-state index is 12.6. The summed E-state index contributed by atoms with van der Waals surface area (Å²) in [6.45, 7) is 6.04. The Bertz CT molecular complexity index is 518. The van der Waals surface area contributed by atoms with E-state index in [9.17, 15) is 13.2 Å². The zero-order chi connectivity index (χ0) is 18.7. The van der Waals surface area contributed by atoms with Crippen LogP contribution in [0.5, 0.6) is 0 Å². The van der Waals surface area contributed by atoms with Gasteiger partial charge in [0.05, 0.1) is 18.7 Å². The Kier molecular flexibility index (Phi) is 9.30. The van der Waals surface area contributed by atoms with Crippen LogP contribution in [0.15, 0.2) is 29.3 Å². The molecule has 1 aromatic carbocycles. The van der Waals surface area contributed by atoms with Gasteiger partial charge in [-0.1, -0.05) is 12.1 Å². The molecule has 0 unspecified atom stereocenters. The fourth-order valence-electron chi connectivity index (χ4n) is 2.04. The molecule has 0 aliphatic rings. The molecule has 0 saturated heterocycles. The number of hydrogen-bond donors (Lipinski definition) is 2. The minimum Gasteiger partial charge on any atom is -0.383 e. The van der Waals surface area contributed by atoms with Crippen molar-refractivity contribution in [2.75, 3.05) is 46.9 Å². The number of methoxy groups -OCH3 is 1. The molecular weight excluding hydrogens is 333 g/mol. The molecule has 0 aromatic heterocycles. The predicted molar refractivity (Wildman–Crippen MR) is 93.6 cm³/mol. The summed E-state index contributed by atoms with van der Waals surface area (Å²) in [6, 6.07) is 5.06. The highest BCUT2D eigenvalue weighted by Crippen LogP contribution is 2.29. The van der Waals surface area contributed by atoms with E-state index < -0.39 is 11.7 Å². The Morgan fingerprint density at radius 1 is 1.16 bits per heavy atom. The zero-order valence-electron chi connectivity index (χ0n) is 15.0. The second-order valence-corrected chi connectivity index (χ2v) is 5.61. The van der Waals surface area contributed by atoms with Crippen LogP contribution in [0, 0.1) is 0 Å². The standard InChI is InChI=1S/C17H27F3N4O/c1-4-21-16(22-9-10-24(2)11-12-25-3)23-13-14-5-7-15(8-6-14)17(18,19)20/h5-8H,4,9-13H2,1-3H3,(H2,21,22,23). The van der Waals surface area contributed by atoms with Gasteiger partial charge in [0, 0.05) is 33.3 Å². The quantitative estimate of drug-likeness (QED) is 0.524. The summed E-state index contributed by atoms with van der Waals surface area (Å²) in [5.74, 6) is 0.641. The fraction of sp³-hybridized carbons (Fsp3) is 0.588. The van der Waals surface area contributed by atoms with Crippen LogP contribution in [0.3, 0.4) is 0 Å². The lowest BCUT2D eigenvalue weighted by Crippen LogP contribution is -2.41. The molecule has 0 saturated carbocycles. The molecule has 0 fully saturated rings. The van der Waals surface area contributed by atoms with E-state index in [-0.39, 0.29) is 0 Å². The molecule has 1 rings (SSSR count). The first-order valence-electron chi connectivity index (χ1n) is 8.22. The third-order valence-corrected chi connectivity index (χ3v) is 3.51. The highest BCUT2D eigenvalue weighted by Gasteiger charge is 2.29. The van der Waals surface area contributed by atoms with Crippen molar-refractivity contribution < 1.29 is 17.9 Å². The number of aliphatic imine (C=N–C) groups is 1. The van der Waals surface area contributed by atoms with E-state index in [0.717, 1.165) is 30.8 Å². The van der Waals surface area contributed by atoms with Crippen molar-refractivity contribution in [3.05, 3.63) is 35.4 Å². The molecule has 0 aliphatic heterocycles. The first-order chi connectivity index (χ1) is 11.9. The summed E-state index contributed by atoms with van der Waals surface area (Å²) in [7, 11) is 3.68.